The summed E-state index contributed by atoms with van der Waals surface area (Å²) in [6.07, 6.45) is 2.97. The standard InChI is InChI=1S/C17H17NO3/c1-12-9-16(12)17-8-7-15(21-17)11-14(18(19)20)10-13-5-3-2-4-6-13/h2-8,11-12,16H,9-10H2,1H3. The fourth-order valence-electron chi connectivity index (χ4n) is 2.50. The molecule has 0 spiro atoms. The van der Waals surface area contributed by atoms with Crippen molar-refractivity contribution < 1.29 is 9.34 Å². The summed E-state index contributed by atoms with van der Waals surface area (Å²) in [6.45, 7) is 2.18. The van der Waals surface area contributed by atoms with Crippen LogP contribution >= 0.6 is 0 Å². The van der Waals surface area contributed by atoms with Crippen molar-refractivity contribution in [2.24, 2.45) is 5.92 Å². The van der Waals surface area contributed by atoms with Gasteiger partial charge in [0.1, 0.15) is 11.5 Å². The Morgan fingerprint density at radius 1 is 1.33 bits per heavy atom. The van der Waals surface area contributed by atoms with E-state index in [0.717, 1.165) is 17.7 Å². The molecule has 1 aromatic heterocycles. The lowest BCUT2D eigenvalue weighted by atomic mass is 10.1. The number of nitro groups is 1. The molecule has 1 aliphatic rings. The molecular formula is C17H17NO3. The van der Waals surface area contributed by atoms with Crippen LogP contribution in [0.5, 0.6) is 0 Å². The third-order valence-corrected chi connectivity index (χ3v) is 3.89. The molecule has 0 aliphatic heterocycles. The summed E-state index contributed by atoms with van der Waals surface area (Å²) in [5.74, 6) is 2.65. The first-order valence-corrected chi connectivity index (χ1v) is 7.12. The van der Waals surface area contributed by atoms with Gasteiger partial charge < -0.3 is 4.42 Å². The number of nitrogens with zero attached hydrogens (tertiary/aromatic N) is 1. The van der Waals surface area contributed by atoms with Crippen LogP contribution in [-0.2, 0) is 6.42 Å². The summed E-state index contributed by atoms with van der Waals surface area (Å²) in [4.78, 5) is 10.9. The minimum atomic E-state index is -0.338. The van der Waals surface area contributed by atoms with Gasteiger partial charge in [0.15, 0.2) is 0 Å². The highest BCUT2D eigenvalue weighted by molar-refractivity contribution is 5.47. The van der Waals surface area contributed by atoms with E-state index in [1.165, 1.54) is 6.08 Å². The lowest BCUT2D eigenvalue weighted by molar-refractivity contribution is -0.425. The monoisotopic (exact) mass is 283 g/mol. The third kappa shape index (κ3) is 3.21. The summed E-state index contributed by atoms with van der Waals surface area (Å²) in [5, 5.41) is 11.2. The van der Waals surface area contributed by atoms with Crippen LogP contribution in [0.2, 0.25) is 0 Å². The Morgan fingerprint density at radius 3 is 2.67 bits per heavy atom. The van der Waals surface area contributed by atoms with Gasteiger partial charge in [0, 0.05) is 5.92 Å². The highest BCUT2D eigenvalue weighted by Gasteiger charge is 2.36. The van der Waals surface area contributed by atoms with E-state index in [2.05, 4.69) is 6.92 Å². The first-order chi connectivity index (χ1) is 10.1. The van der Waals surface area contributed by atoms with Gasteiger partial charge in [-0.3, -0.25) is 10.1 Å². The highest BCUT2D eigenvalue weighted by atomic mass is 16.6. The summed E-state index contributed by atoms with van der Waals surface area (Å²) in [7, 11) is 0. The molecule has 1 aliphatic carbocycles. The average Bonchev–Trinajstić information content (AvgIpc) is 3.02. The molecule has 1 aromatic carbocycles. The number of rotatable bonds is 5. The summed E-state index contributed by atoms with van der Waals surface area (Å²) < 4.78 is 5.72. The molecule has 3 rings (SSSR count). The molecule has 0 radical (unpaired) electrons. The maximum Gasteiger partial charge on any atom is 0.254 e. The molecule has 2 unspecified atom stereocenters. The van der Waals surface area contributed by atoms with Gasteiger partial charge in [-0.2, -0.15) is 0 Å². The molecule has 1 heterocycles. The second-order valence-electron chi connectivity index (χ2n) is 5.61. The molecule has 2 atom stereocenters. The zero-order chi connectivity index (χ0) is 14.8. The fourth-order valence-corrected chi connectivity index (χ4v) is 2.50. The van der Waals surface area contributed by atoms with Crippen molar-refractivity contribution in [1.29, 1.82) is 0 Å². The normalized spacial score (nSPS) is 21.3. The van der Waals surface area contributed by atoms with E-state index in [1.807, 2.05) is 42.5 Å². The average molecular weight is 283 g/mol. The van der Waals surface area contributed by atoms with Crippen molar-refractivity contribution in [2.45, 2.75) is 25.7 Å². The smallest absolute Gasteiger partial charge is 0.254 e. The quantitative estimate of drug-likeness (QED) is 0.608. The predicted octanol–water partition coefficient (Wildman–Crippen LogP) is 4.26. The number of benzene rings is 1. The van der Waals surface area contributed by atoms with E-state index >= 15 is 0 Å². The minimum absolute atomic E-state index is 0.144. The molecule has 21 heavy (non-hydrogen) atoms. The molecule has 108 valence electrons. The van der Waals surface area contributed by atoms with E-state index < -0.39 is 0 Å². The van der Waals surface area contributed by atoms with Crippen LogP contribution in [0.15, 0.2) is 52.6 Å². The van der Waals surface area contributed by atoms with Gasteiger partial charge in [-0.1, -0.05) is 37.3 Å². The number of hydrogen-bond acceptors (Lipinski definition) is 3. The van der Waals surface area contributed by atoms with Crippen molar-refractivity contribution in [1.82, 2.24) is 0 Å². The second kappa shape index (κ2) is 5.56. The zero-order valence-corrected chi connectivity index (χ0v) is 11.9. The Labute approximate surface area is 123 Å². The Bertz CT molecular complexity index is 672. The molecular weight excluding hydrogens is 266 g/mol. The predicted molar refractivity (Wildman–Crippen MR) is 80.3 cm³/mol. The third-order valence-electron chi connectivity index (χ3n) is 3.89. The topological polar surface area (TPSA) is 56.3 Å². The van der Waals surface area contributed by atoms with E-state index in [4.69, 9.17) is 4.42 Å². The largest absolute Gasteiger partial charge is 0.461 e. The van der Waals surface area contributed by atoms with Crippen LogP contribution < -0.4 is 0 Å². The van der Waals surface area contributed by atoms with Gasteiger partial charge in [-0.25, -0.2) is 0 Å². The van der Waals surface area contributed by atoms with Crippen LogP contribution in [0.1, 0.15) is 36.3 Å². The second-order valence-corrected chi connectivity index (χ2v) is 5.61. The molecule has 1 saturated carbocycles. The molecule has 1 fully saturated rings. The van der Waals surface area contributed by atoms with Crippen LogP contribution in [-0.4, -0.2) is 4.92 Å². The lowest BCUT2D eigenvalue weighted by Gasteiger charge is -1.99. The Balaban J connectivity index is 1.80. The van der Waals surface area contributed by atoms with Gasteiger partial charge >= 0.3 is 0 Å². The van der Waals surface area contributed by atoms with Crippen LogP contribution in [0.3, 0.4) is 0 Å². The lowest BCUT2D eigenvalue weighted by Crippen LogP contribution is -2.02. The van der Waals surface area contributed by atoms with Gasteiger partial charge in [-0.05, 0) is 30.0 Å². The van der Waals surface area contributed by atoms with Crippen molar-refractivity contribution >= 4 is 6.08 Å². The Morgan fingerprint density at radius 2 is 2.05 bits per heavy atom. The molecule has 2 aromatic rings. The van der Waals surface area contributed by atoms with E-state index in [0.29, 0.717) is 24.0 Å². The van der Waals surface area contributed by atoms with Crippen molar-refractivity contribution in [3.63, 3.8) is 0 Å². The zero-order valence-electron chi connectivity index (χ0n) is 11.9. The molecule has 4 nitrogen and oxygen atoms in total. The van der Waals surface area contributed by atoms with Gasteiger partial charge in [0.25, 0.3) is 5.70 Å². The van der Waals surface area contributed by atoms with Crippen LogP contribution in [0, 0.1) is 16.0 Å². The Hall–Kier alpha value is -2.36. The van der Waals surface area contributed by atoms with E-state index in [9.17, 15) is 10.1 Å². The molecule has 4 heteroatoms. The summed E-state index contributed by atoms with van der Waals surface area (Å²) in [6, 6.07) is 13.2. The van der Waals surface area contributed by atoms with Crippen molar-refractivity contribution in [3.8, 4) is 0 Å². The fraction of sp³-hybridized carbons (Fsp3) is 0.294. The van der Waals surface area contributed by atoms with Crippen LogP contribution in [0.4, 0.5) is 0 Å². The number of furan rings is 1. The summed E-state index contributed by atoms with van der Waals surface area (Å²) in [5.41, 5.74) is 1.06. The molecule has 0 N–H and O–H groups in total. The van der Waals surface area contributed by atoms with Gasteiger partial charge in [0.2, 0.25) is 0 Å². The maximum absolute atomic E-state index is 11.2. The van der Waals surface area contributed by atoms with Gasteiger partial charge in [-0.15, -0.1) is 0 Å². The minimum Gasteiger partial charge on any atom is -0.461 e. The Kier molecular flexibility index (Phi) is 3.60. The van der Waals surface area contributed by atoms with Crippen molar-refractivity contribution in [2.75, 3.05) is 0 Å². The summed E-state index contributed by atoms with van der Waals surface area (Å²) >= 11 is 0. The van der Waals surface area contributed by atoms with E-state index in [1.54, 1.807) is 0 Å². The molecule has 0 bridgehead atoms. The first kappa shape index (κ1) is 13.6. The van der Waals surface area contributed by atoms with E-state index in [-0.39, 0.29) is 10.6 Å². The number of hydrogen-bond donors (Lipinski definition) is 0. The van der Waals surface area contributed by atoms with Crippen LogP contribution in [0.25, 0.3) is 6.08 Å². The maximum atomic E-state index is 11.2. The molecule has 0 saturated heterocycles. The van der Waals surface area contributed by atoms with Gasteiger partial charge in [0.05, 0.1) is 17.4 Å². The first-order valence-electron chi connectivity index (χ1n) is 7.12. The SMILES string of the molecule is CC1CC1c1ccc(C=C(Cc2ccccc2)[N+](=O)[O-])o1. The number of allylic oxidation sites excluding steroid dienone is 1. The van der Waals surface area contributed by atoms with Crippen molar-refractivity contribution in [3.05, 3.63) is 75.4 Å². The molecule has 0 amide bonds. The highest BCUT2D eigenvalue weighted by Crippen LogP contribution is 2.47.